The highest BCUT2D eigenvalue weighted by Gasteiger charge is 2.53. The molecule has 0 bridgehead atoms. The summed E-state index contributed by atoms with van der Waals surface area (Å²) in [6, 6.07) is 5.80. The summed E-state index contributed by atoms with van der Waals surface area (Å²) in [6.45, 7) is 12.7. The van der Waals surface area contributed by atoms with Gasteiger partial charge in [-0.2, -0.15) is 4.98 Å². The lowest BCUT2D eigenvalue weighted by molar-refractivity contribution is 0.0576. The second-order valence-electron chi connectivity index (χ2n) is 10.5. The lowest BCUT2D eigenvalue weighted by Crippen LogP contribution is -2.37. The molecule has 1 fully saturated rings. The molecule has 4 rings (SSSR count). The second kappa shape index (κ2) is 12.1. The molecule has 38 heavy (non-hydrogen) atoms. The average molecular weight is 541 g/mol. The zero-order chi connectivity index (χ0) is 27.3. The highest BCUT2D eigenvalue weighted by atomic mass is 32.1. The van der Waals surface area contributed by atoms with Gasteiger partial charge in [-0.3, -0.25) is 9.88 Å². The van der Waals surface area contributed by atoms with Crippen molar-refractivity contribution in [1.82, 2.24) is 25.1 Å². The third-order valence-corrected chi connectivity index (χ3v) is 6.68. The number of carbonyl (C=O) groups is 1. The summed E-state index contributed by atoms with van der Waals surface area (Å²) in [6.07, 6.45) is 3.50. The molecular formula is C27H36N6O4S. The fourth-order valence-electron chi connectivity index (χ4n) is 4.07. The third kappa shape index (κ3) is 7.44. The molecule has 3 atom stereocenters. The highest BCUT2D eigenvalue weighted by Crippen LogP contribution is 2.49. The van der Waals surface area contributed by atoms with E-state index in [1.807, 2.05) is 33.9 Å². The van der Waals surface area contributed by atoms with Gasteiger partial charge in [0.25, 0.3) is 0 Å². The summed E-state index contributed by atoms with van der Waals surface area (Å²) in [5.41, 5.74) is 3.09. The number of rotatable bonds is 11. The van der Waals surface area contributed by atoms with Crippen molar-refractivity contribution < 1.29 is 19.0 Å². The monoisotopic (exact) mass is 540 g/mol. The number of aromatic nitrogens is 5. The SMILES string of the molecule is CCCCOC1C(COc2cc(N(Cc3nncs3)C(=O)OC(C)(C)C)nc(C)n2)C1c1ccc(C)cn1. The van der Waals surface area contributed by atoms with Crippen LogP contribution < -0.4 is 9.64 Å². The number of hydrogen-bond acceptors (Lipinski definition) is 10. The Balaban J connectivity index is 1.50. The largest absolute Gasteiger partial charge is 0.477 e. The van der Waals surface area contributed by atoms with E-state index in [9.17, 15) is 4.79 Å². The number of amides is 1. The van der Waals surface area contributed by atoms with Crippen LogP contribution in [-0.2, 0) is 16.0 Å². The number of ether oxygens (including phenoxy) is 3. The number of nitrogens with zero attached hydrogens (tertiary/aromatic N) is 6. The summed E-state index contributed by atoms with van der Waals surface area (Å²) in [5, 5.41) is 8.62. The Morgan fingerprint density at radius 1 is 1.18 bits per heavy atom. The topological polar surface area (TPSA) is 112 Å². The third-order valence-electron chi connectivity index (χ3n) is 5.99. The lowest BCUT2D eigenvalue weighted by Gasteiger charge is -2.26. The maximum Gasteiger partial charge on any atom is 0.416 e. The van der Waals surface area contributed by atoms with Crippen LogP contribution in [-0.4, -0.2) is 56.2 Å². The van der Waals surface area contributed by atoms with Gasteiger partial charge >= 0.3 is 6.09 Å². The van der Waals surface area contributed by atoms with Crippen LogP contribution in [0.15, 0.2) is 29.9 Å². The van der Waals surface area contributed by atoms with Gasteiger partial charge in [0.2, 0.25) is 5.88 Å². The normalized spacial score (nSPS) is 18.7. The minimum Gasteiger partial charge on any atom is -0.477 e. The van der Waals surface area contributed by atoms with Crippen molar-refractivity contribution in [2.75, 3.05) is 18.1 Å². The van der Waals surface area contributed by atoms with E-state index in [0.29, 0.717) is 35.7 Å². The lowest BCUT2D eigenvalue weighted by atomic mass is 10.2. The number of unbranched alkanes of at least 4 members (excludes halogenated alkanes) is 1. The molecular weight excluding hydrogens is 504 g/mol. The number of anilines is 1. The molecule has 1 amide bonds. The number of aryl methyl sites for hydroxylation is 2. The minimum atomic E-state index is -0.671. The molecule has 3 heterocycles. The predicted octanol–water partition coefficient (Wildman–Crippen LogP) is 5.26. The van der Waals surface area contributed by atoms with Gasteiger partial charge in [0.05, 0.1) is 19.3 Å². The number of pyridine rings is 1. The molecule has 3 aromatic heterocycles. The molecule has 0 aromatic carbocycles. The van der Waals surface area contributed by atoms with Crippen molar-refractivity contribution in [2.45, 2.75) is 78.6 Å². The fraction of sp³-hybridized carbons (Fsp3) is 0.556. The van der Waals surface area contributed by atoms with Crippen LogP contribution in [0, 0.1) is 19.8 Å². The molecule has 10 nitrogen and oxygen atoms in total. The summed E-state index contributed by atoms with van der Waals surface area (Å²) < 4.78 is 18.0. The van der Waals surface area contributed by atoms with E-state index in [1.165, 1.54) is 16.2 Å². The predicted molar refractivity (Wildman–Crippen MR) is 144 cm³/mol. The zero-order valence-electron chi connectivity index (χ0n) is 22.9. The van der Waals surface area contributed by atoms with E-state index >= 15 is 0 Å². The summed E-state index contributed by atoms with van der Waals surface area (Å²) in [4.78, 5) is 28.1. The molecule has 1 aliphatic carbocycles. The standard InChI is InChI=1S/C27H36N6O4S/c1-7-8-11-35-25-19(24(25)20-10-9-17(2)13-28-20)15-36-22-12-21(30-18(3)31-22)33(14-23-32-29-16-38-23)26(34)37-27(4,5)6/h9-10,12-13,16,19,24-25H,7-8,11,14-15H2,1-6H3. The van der Waals surface area contributed by atoms with Crippen LogP contribution >= 0.6 is 11.3 Å². The number of hydrogen-bond donors (Lipinski definition) is 0. The Morgan fingerprint density at radius 2 is 2.00 bits per heavy atom. The molecule has 3 unspecified atom stereocenters. The molecule has 1 saturated carbocycles. The van der Waals surface area contributed by atoms with Gasteiger partial charge in [-0.05, 0) is 52.7 Å². The molecule has 204 valence electrons. The van der Waals surface area contributed by atoms with Gasteiger partial charge in [-0.25, -0.2) is 9.78 Å². The van der Waals surface area contributed by atoms with Crippen LogP contribution in [0.2, 0.25) is 0 Å². The van der Waals surface area contributed by atoms with Crippen molar-refractivity contribution in [3.8, 4) is 5.88 Å². The van der Waals surface area contributed by atoms with Crippen molar-refractivity contribution >= 4 is 23.2 Å². The van der Waals surface area contributed by atoms with Crippen molar-refractivity contribution in [3.05, 3.63) is 52.0 Å². The van der Waals surface area contributed by atoms with E-state index in [-0.39, 0.29) is 24.5 Å². The maximum absolute atomic E-state index is 13.1. The Hall–Kier alpha value is -3.18. The van der Waals surface area contributed by atoms with Gasteiger partial charge in [-0.1, -0.05) is 19.4 Å². The highest BCUT2D eigenvalue weighted by molar-refractivity contribution is 7.09. The van der Waals surface area contributed by atoms with Crippen LogP contribution in [0.4, 0.5) is 10.6 Å². The fourth-order valence-corrected chi connectivity index (χ4v) is 4.59. The van der Waals surface area contributed by atoms with Gasteiger partial charge in [-0.15, -0.1) is 21.5 Å². The van der Waals surface area contributed by atoms with Gasteiger partial charge in [0, 0.05) is 36.4 Å². The molecule has 3 aromatic rings. The maximum atomic E-state index is 13.1. The van der Waals surface area contributed by atoms with Gasteiger partial charge in [0.15, 0.2) is 0 Å². The molecule has 0 N–H and O–H groups in total. The molecule has 0 aliphatic heterocycles. The quantitative estimate of drug-likeness (QED) is 0.301. The molecule has 0 radical (unpaired) electrons. The first-order valence-corrected chi connectivity index (χ1v) is 13.8. The minimum absolute atomic E-state index is 0.0508. The Labute approximate surface area is 227 Å². The second-order valence-corrected chi connectivity index (χ2v) is 11.4. The van der Waals surface area contributed by atoms with E-state index in [1.54, 1.807) is 18.5 Å². The zero-order valence-corrected chi connectivity index (χ0v) is 23.7. The first-order chi connectivity index (χ1) is 18.1. The molecule has 0 spiro atoms. The molecule has 1 aliphatic rings. The van der Waals surface area contributed by atoms with Crippen LogP contribution in [0.1, 0.15) is 68.5 Å². The van der Waals surface area contributed by atoms with Gasteiger partial charge < -0.3 is 14.2 Å². The summed E-state index contributed by atoms with van der Waals surface area (Å²) in [5.74, 6) is 1.56. The van der Waals surface area contributed by atoms with Crippen molar-refractivity contribution in [3.63, 3.8) is 0 Å². The van der Waals surface area contributed by atoms with Crippen molar-refractivity contribution in [2.24, 2.45) is 5.92 Å². The van der Waals surface area contributed by atoms with Crippen molar-refractivity contribution in [1.29, 1.82) is 0 Å². The Kier molecular flexibility index (Phi) is 8.88. The Bertz CT molecular complexity index is 1200. The number of carbonyl (C=O) groups excluding carboxylic acids is 1. The van der Waals surface area contributed by atoms with Gasteiger partial charge in [0.1, 0.15) is 27.8 Å². The van der Waals surface area contributed by atoms with E-state index in [4.69, 9.17) is 14.2 Å². The molecule has 11 heteroatoms. The summed E-state index contributed by atoms with van der Waals surface area (Å²) >= 11 is 1.35. The van der Waals surface area contributed by atoms with Crippen LogP contribution in [0.3, 0.4) is 0 Å². The van der Waals surface area contributed by atoms with Crippen LogP contribution in [0.5, 0.6) is 5.88 Å². The van der Waals surface area contributed by atoms with E-state index < -0.39 is 11.7 Å². The van der Waals surface area contributed by atoms with E-state index in [2.05, 4.69) is 44.2 Å². The first kappa shape index (κ1) is 27.8. The average Bonchev–Trinajstić information content (AvgIpc) is 3.26. The summed E-state index contributed by atoms with van der Waals surface area (Å²) in [7, 11) is 0. The van der Waals surface area contributed by atoms with E-state index in [0.717, 1.165) is 24.1 Å². The Morgan fingerprint density at radius 3 is 2.66 bits per heavy atom. The first-order valence-electron chi connectivity index (χ1n) is 12.9. The molecule has 0 saturated heterocycles. The van der Waals surface area contributed by atoms with Crippen LogP contribution in [0.25, 0.3) is 0 Å². The smallest absolute Gasteiger partial charge is 0.416 e.